The number of amidine groups is 1. The number of oxime groups is 1. The van der Waals surface area contributed by atoms with Crippen LogP contribution < -0.4 is 5.73 Å². The molecule has 6 heteroatoms. The van der Waals surface area contributed by atoms with Gasteiger partial charge >= 0.3 is 0 Å². The standard InChI is InChI=1S/C11H19N3O3/c12-10(13-16)8-3-1-5-14(7-8)11(15)9-4-2-6-17-9/h8-9,16H,1-7H2,(H2,12,13). The van der Waals surface area contributed by atoms with Crippen LogP contribution in [0.15, 0.2) is 5.16 Å². The summed E-state index contributed by atoms with van der Waals surface area (Å²) >= 11 is 0. The monoisotopic (exact) mass is 241 g/mol. The summed E-state index contributed by atoms with van der Waals surface area (Å²) < 4.78 is 5.39. The van der Waals surface area contributed by atoms with Crippen LogP contribution in [0.1, 0.15) is 25.7 Å². The maximum Gasteiger partial charge on any atom is 0.251 e. The largest absolute Gasteiger partial charge is 0.409 e. The highest BCUT2D eigenvalue weighted by Gasteiger charge is 2.32. The quantitative estimate of drug-likeness (QED) is 0.312. The van der Waals surface area contributed by atoms with Crippen molar-refractivity contribution < 1.29 is 14.7 Å². The SMILES string of the molecule is NC(=NO)C1CCCN(C(=O)C2CCCO2)C1. The number of hydrogen-bond acceptors (Lipinski definition) is 4. The Morgan fingerprint density at radius 2 is 2.24 bits per heavy atom. The second kappa shape index (κ2) is 5.35. The molecule has 2 atom stereocenters. The van der Waals surface area contributed by atoms with Crippen molar-refractivity contribution in [3.63, 3.8) is 0 Å². The molecule has 3 N–H and O–H groups in total. The van der Waals surface area contributed by atoms with E-state index in [1.54, 1.807) is 4.90 Å². The molecule has 0 aliphatic carbocycles. The molecule has 1 amide bonds. The van der Waals surface area contributed by atoms with Gasteiger partial charge in [0.2, 0.25) is 0 Å². The molecule has 17 heavy (non-hydrogen) atoms. The van der Waals surface area contributed by atoms with Gasteiger partial charge in [0.05, 0.1) is 0 Å². The third kappa shape index (κ3) is 2.69. The van der Waals surface area contributed by atoms with Crippen molar-refractivity contribution in [2.75, 3.05) is 19.7 Å². The number of carbonyl (C=O) groups is 1. The summed E-state index contributed by atoms with van der Waals surface area (Å²) in [6.07, 6.45) is 3.24. The molecule has 0 bridgehead atoms. The van der Waals surface area contributed by atoms with Gasteiger partial charge in [0.25, 0.3) is 5.91 Å². The van der Waals surface area contributed by atoms with Crippen molar-refractivity contribution >= 4 is 11.7 Å². The lowest BCUT2D eigenvalue weighted by Crippen LogP contribution is -2.47. The first kappa shape index (κ1) is 12.2. The highest BCUT2D eigenvalue weighted by Crippen LogP contribution is 2.21. The highest BCUT2D eigenvalue weighted by molar-refractivity contribution is 5.85. The summed E-state index contributed by atoms with van der Waals surface area (Å²) in [5.74, 6) is 0.242. The molecule has 0 radical (unpaired) electrons. The van der Waals surface area contributed by atoms with E-state index < -0.39 is 0 Å². The predicted molar refractivity (Wildman–Crippen MR) is 61.7 cm³/mol. The summed E-state index contributed by atoms with van der Waals surface area (Å²) in [7, 11) is 0. The Labute approximate surface area is 100 Å². The molecule has 0 aromatic carbocycles. The summed E-state index contributed by atoms with van der Waals surface area (Å²) in [4.78, 5) is 13.9. The van der Waals surface area contributed by atoms with Crippen molar-refractivity contribution in [3.8, 4) is 0 Å². The second-order valence-electron chi connectivity index (χ2n) is 4.65. The zero-order valence-electron chi connectivity index (χ0n) is 9.84. The van der Waals surface area contributed by atoms with E-state index in [1.807, 2.05) is 0 Å². The molecule has 0 aromatic rings. The molecule has 2 aliphatic rings. The van der Waals surface area contributed by atoms with Crippen molar-refractivity contribution in [2.45, 2.75) is 31.8 Å². The molecule has 6 nitrogen and oxygen atoms in total. The molecule has 0 saturated carbocycles. The van der Waals surface area contributed by atoms with Gasteiger partial charge in [0, 0.05) is 25.6 Å². The number of ether oxygens (including phenoxy) is 1. The zero-order valence-corrected chi connectivity index (χ0v) is 9.84. The fourth-order valence-corrected chi connectivity index (χ4v) is 2.48. The van der Waals surface area contributed by atoms with Gasteiger partial charge in [-0.3, -0.25) is 4.79 Å². The minimum absolute atomic E-state index is 0.0286. The Morgan fingerprint density at radius 3 is 2.88 bits per heavy atom. The van der Waals surface area contributed by atoms with Crippen LogP contribution in [0, 0.1) is 5.92 Å². The van der Waals surface area contributed by atoms with E-state index in [1.165, 1.54) is 0 Å². The minimum atomic E-state index is -0.277. The summed E-state index contributed by atoms with van der Waals surface area (Å²) in [6.45, 7) is 1.95. The second-order valence-corrected chi connectivity index (χ2v) is 4.65. The van der Waals surface area contributed by atoms with Gasteiger partial charge in [0.1, 0.15) is 11.9 Å². The normalized spacial score (nSPS) is 30.6. The first-order chi connectivity index (χ1) is 8.22. The third-order valence-electron chi connectivity index (χ3n) is 3.47. The summed E-state index contributed by atoms with van der Waals surface area (Å²) in [5, 5.41) is 11.7. The lowest BCUT2D eigenvalue weighted by molar-refractivity contribution is -0.142. The van der Waals surface area contributed by atoms with Crippen molar-refractivity contribution in [1.29, 1.82) is 0 Å². The fraction of sp³-hybridized carbons (Fsp3) is 0.818. The number of amides is 1. The molecule has 2 aliphatic heterocycles. The van der Waals surface area contributed by atoms with Gasteiger partial charge in [0.15, 0.2) is 0 Å². The van der Waals surface area contributed by atoms with Crippen LogP contribution >= 0.6 is 0 Å². The molecule has 2 saturated heterocycles. The third-order valence-corrected chi connectivity index (χ3v) is 3.47. The van der Waals surface area contributed by atoms with Crippen molar-refractivity contribution in [2.24, 2.45) is 16.8 Å². The Balaban J connectivity index is 1.94. The fourth-order valence-electron chi connectivity index (χ4n) is 2.48. The minimum Gasteiger partial charge on any atom is -0.409 e. The van der Waals surface area contributed by atoms with E-state index in [2.05, 4.69) is 5.16 Å². The van der Waals surface area contributed by atoms with E-state index in [0.717, 1.165) is 32.2 Å². The lowest BCUT2D eigenvalue weighted by Gasteiger charge is -2.33. The van der Waals surface area contributed by atoms with Gasteiger partial charge in [-0.1, -0.05) is 5.16 Å². The number of hydrogen-bond donors (Lipinski definition) is 2. The number of likely N-dealkylation sites (tertiary alicyclic amines) is 1. The van der Waals surface area contributed by atoms with E-state index in [0.29, 0.717) is 13.2 Å². The van der Waals surface area contributed by atoms with E-state index in [4.69, 9.17) is 15.7 Å². The molecule has 2 unspecified atom stereocenters. The summed E-state index contributed by atoms with van der Waals surface area (Å²) in [5.41, 5.74) is 5.59. The molecule has 0 spiro atoms. The molecule has 2 rings (SSSR count). The van der Waals surface area contributed by atoms with Crippen molar-refractivity contribution in [3.05, 3.63) is 0 Å². The Morgan fingerprint density at radius 1 is 1.41 bits per heavy atom. The van der Waals surface area contributed by atoms with E-state index in [-0.39, 0.29) is 23.8 Å². The molecular formula is C11H19N3O3. The van der Waals surface area contributed by atoms with E-state index in [9.17, 15) is 4.79 Å². The zero-order chi connectivity index (χ0) is 12.3. The molecular weight excluding hydrogens is 222 g/mol. The average molecular weight is 241 g/mol. The predicted octanol–water partition coefficient (Wildman–Crippen LogP) is 0.150. The van der Waals surface area contributed by atoms with Crippen LogP contribution in [0.4, 0.5) is 0 Å². The van der Waals surface area contributed by atoms with Crippen LogP contribution in [0.25, 0.3) is 0 Å². The maximum atomic E-state index is 12.1. The highest BCUT2D eigenvalue weighted by atomic mass is 16.5. The number of nitrogens with two attached hydrogens (primary N) is 1. The van der Waals surface area contributed by atoms with Gasteiger partial charge in [-0.15, -0.1) is 0 Å². The topological polar surface area (TPSA) is 88.2 Å². The average Bonchev–Trinajstić information content (AvgIpc) is 2.91. The Bertz CT molecular complexity index is 313. The summed E-state index contributed by atoms with van der Waals surface area (Å²) in [6, 6.07) is 0. The molecule has 96 valence electrons. The number of piperidine rings is 1. The number of nitrogens with zero attached hydrogens (tertiary/aromatic N) is 2. The van der Waals surface area contributed by atoms with Gasteiger partial charge in [-0.05, 0) is 25.7 Å². The number of rotatable bonds is 2. The Hall–Kier alpha value is -1.30. The van der Waals surface area contributed by atoms with Crippen LogP contribution in [-0.2, 0) is 9.53 Å². The van der Waals surface area contributed by atoms with Gasteiger partial charge in [-0.2, -0.15) is 0 Å². The van der Waals surface area contributed by atoms with Crippen LogP contribution in [-0.4, -0.2) is 47.7 Å². The van der Waals surface area contributed by atoms with Crippen molar-refractivity contribution in [1.82, 2.24) is 4.90 Å². The molecule has 2 heterocycles. The smallest absolute Gasteiger partial charge is 0.251 e. The van der Waals surface area contributed by atoms with Crippen LogP contribution in [0.2, 0.25) is 0 Å². The van der Waals surface area contributed by atoms with Gasteiger partial charge in [-0.25, -0.2) is 0 Å². The first-order valence-electron chi connectivity index (χ1n) is 6.10. The lowest BCUT2D eigenvalue weighted by atomic mass is 9.96. The maximum absolute atomic E-state index is 12.1. The van der Waals surface area contributed by atoms with E-state index >= 15 is 0 Å². The van der Waals surface area contributed by atoms with Crippen LogP contribution in [0.5, 0.6) is 0 Å². The molecule has 2 fully saturated rings. The molecule has 0 aromatic heterocycles. The first-order valence-corrected chi connectivity index (χ1v) is 6.10. The van der Waals surface area contributed by atoms with Crippen LogP contribution in [0.3, 0.4) is 0 Å². The number of carbonyl (C=O) groups excluding carboxylic acids is 1. The van der Waals surface area contributed by atoms with Gasteiger partial charge < -0.3 is 20.6 Å². The Kier molecular flexibility index (Phi) is 3.83.